The summed E-state index contributed by atoms with van der Waals surface area (Å²) in [6, 6.07) is 8.88. The SMILES string of the molecule is O=C(OC[C@H]1OC[C@@H](n2cnc3c(Cl)ncnc32)S1)c1ccccc1. The van der Waals surface area contributed by atoms with Crippen LogP contribution in [-0.4, -0.2) is 44.1 Å². The zero-order valence-electron chi connectivity index (χ0n) is 12.9. The smallest absolute Gasteiger partial charge is 0.338 e. The second kappa shape index (κ2) is 6.99. The second-order valence-corrected chi connectivity index (χ2v) is 7.01. The quantitative estimate of drug-likeness (QED) is 0.511. The van der Waals surface area contributed by atoms with Crippen molar-refractivity contribution < 1.29 is 14.3 Å². The molecule has 1 aliphatic rings. The molecular weight excluding hydrogens is 364 g/mol. The van der Waals surface area contributed by atoms with Crippen molar-refractivity contribution in [3.63, 3.8) is 0 Å². The number of fused-ring (bicyclic) bond motifs is 1. The number of nitrogens with zero attached hydrogens (tertiary/aromatic N) is 4. The number of rotatable bonds is 4. The van der Waals surface area contributed by atoms with Crippen LogP contribution in [0, 0.1) is 0 Å². The molecule has 3 heterocycles. The average Bonchev–Trinajstić information content (AvgIpc) is 3.27. The van der Waals surface area contributed by atoms with Crippen LogP contribution in [0.1, 0.15) is 15.7 Å². The molecule has 1 aromatic carbocycles. The lowest BCUT2D eigenvalue weighted by atomic mass is 10.2. The maximum Gasteiger partial charge on any atom is 0.338 e. The Bertz CT molecular complexity index is 905. The van der Waals surface area contributed by atoms with Gasteiger partial charge in [-0.3, -0.25) is 4.57 Å². The Labute approximate surface area is 152 Å². The summed E-state index contributed by atoms with van der Waals surface area (Å²) >= 11 is 7.57. The molecule has 1 aliphatic heterocycles. The van der Waals surface area contributed by atoms with E-state index >= 15 is 0 Å². The molecule has 128 valence electrons. The van der Waals surface area contributed by atoms with Crippen LogP contribution >= 0.6 is 23.4 Å². The van der Waals surface area contributed by atoms with Crippen molar-refractivity contribution in [2.75, 3.05) is 13.2 Å². The van der Waals surface area contributed by atoms with E-state index in [9.17, 15) is 4.79 Å². The molecule has 0 N–H and O–H groups in total. The fraction of sp³-hybridized carbons (Fsp3) is 0.250. The van der Waals surface area contributed by atoms with Gasteiger partial charge >= 0.3 is 5.97 Å². The molecule has 4 rings (SSSR count). The lowest BCUT2D eigenvalue weighted by molar-refractivity contribution is 0.0274. The molecule has 0 unspecified atom stereocenters. The molecule has 0 spiro atoms. The molecule has 0 amide bonds. The molecule has 2 atom stereocenters. The number of halogens is 1. The number of carbonyl (C=O) groups is 1. The Balaban J connectivity index is 1.40. The number of benzene rings is 1. The minimum absolute atomic E-state index is 0.0172. The highest BCUT2D eigenvalue weighted by molar-refractivity contribution is 8.00. The standard InChI is InChI=1S/C16H13ClN4O3S/c17-14-13-15(19-8-18-14)21(9-20-13)11-6-23-12(25-11)7-24-16(22)10-4-2-1-3-5-10/h1-5,8-9,11-12H,6-7H2/t11-,12-/m0/s1. The molecule has 0 bridgehead atoms. The summed E-state index contributed by atoms with van der Waals surface area (Å²) in [7, 11) is 0. The summed E-state index contributed by atoms with van der Waals surface area (Å²) in [5.41, 5.74) is 1.49. The maximum absolute atomic E-state index is 12.0. The third-order valence-electron chi connectivity index (χ3n) is 3.72. The van der Waals surface area contributed by atoms with E-state index in [1.165, 1.54) is 6.33 Å². The fourth-order valence-electron chi connectivity index (χ4n) is 2.51. The van der Waals surface area contributed by atoms with E-state index in [-0.39, 0.29) is 23.4 Å². The van der Waals surface area contributed by atoms with Crippen LogP contribution in [0.3, 0.4) is 0 Å². The number of ether oxygens (including phenoxy) is 2. The van der Waals surface area contributed by atoms with Gasteiger partial charge in [0, 0.05) is 0 Å². The molecule has 0 aliphatic carbocycles. The third-order valence-corrected chi connectivity index (χ3v) is 5.25. The molecule has 2 aromatic heterocycles. The average molecular weight is 377 g/mol. The van der Waals surface area contributed by atoms with E-state index in [0.717, 1.165) is 0 Å². The van der Waals surface area contributed by atoms with E-state index < -0.39 is 0 Å². The highest BCUT2D eigenvalue weighted by Crippen LogP contribution is 2.37. The van der Waals surface area contributed by atoms with Gasteiger partial charge in [0.15, 0.2) is 10.8 Å². The highest BCUT2D eigenvalue weighted by Gasteiger charge is 2.30. The second-order valence-electron chi connectivity index (χ2n) is 5.31. The summed E-state index contributed by atoms with van der Waals surface area (Å²) in [4.78, 5) is 24.4. The van der Waals surface area contributed by atoms with Gasteiger partial charge in [0.25, 0.3) is 0 Å². The predicted octanol–water partition coefficient (Wildman–Crippen LogP) is 2.92. The van der Waals surface area contributed by atoms with Crippen molar-refractivity contribution in [2.24, 2.45) is 0 Å². The van der Waals surface area contributed by atoms with Crippen molar-refractivity contribution in [3.8, 4) is 0 Å². The van der Waals surface area contributed by atoms with Gasteiger partial charge in [-0.15, -0.1) is 0 Å². The zero-order valence-corrected chi connectivity index (χ0v) is 14.5. The van der Waals surface area contributed by atoms with Crippen LogP contribution < -0.4 is 0 Å². The summed E-state index contributed by atoms with van der Waals surface area (Å²) in [6.45, 7) is 0.641. The lowest BCUT2D eigenvalue weighted by Crippen LogP contribution is -2.15. The molecule has 1 saturated heterocycles. The van der Waals surface area contributed by atoms with Crippen LogP contribution in [0.15, 0.2) is 43.0 Å². The van der Waals surface area contributed by atoms with Crippen LogP contribution in [-0.2, 0) is 9.47 Å². The van der Waals surface area contributed by atoms with Crippen molar-refractivity contribution in [1.82, 2.24) is 19.5 Å². The maximum atomic E-state index is 12.0. The third kappa shape index (κ3) is 3.33. The van der Waals surface area contributed by atoms with Gasteiger partial charge in [0.1, 0.15) is 29.3 Å². The van der Waals surface area contributed by atoms with Crippen molar-refractivity contribution >= 4 is 40.5 Å². The van der Waals surface area contributed by atoms with Crippen molar-refractivity contribution in [1.29, 1.82) is 0 Å². The van der Waals surface area contributed by atoms with Gasteiger partial charge in [0.2, 0.25) is 0 Å². The van der Waals surface area contributed by atoms with E-state index in [1.54, 1.807) is 42.4 Å². The Kier molecular flexibility index (Phi) is 4.56. The fourth-order valence-corrected chi connectivity index (χ4v) is 3.79. The Morgan fingerprint density at radius 3 is 3.00 bits per heavy atom. The van der Waals surface area contributed by atoms with E-state index in [2.05, 4.69) is 15.0 Å². The van der Waals surface area contributed by atoms with Gasteiger partial charge in [-0.1, -0.05) is 41.6 Å². The molecule has 1 fully saturated rings. The first-order valence-corrected chi connectivity index (χ1v) is 8.87. The first-order chi connectivity index (χ1) is 12.2. The summed E-state index contributed by atoms with van der Waals surface area (Å²) in [5.74, 6) is -0.360. The topological polar surface area (TPSA) is 79.1 Å². The van der Waals surface area contributed by atoms with Crippen LogP contribution in [0.4, 0.5) is 0 Å². The molecule has 7 nitrogen and oxygen atoms in total. The Morgan fingerprint density at radius 1 is 1.32 bits per heavy atom. The van der Waals surface area contributed by atoms with Crippen LogP contribution in [0.25, 0.3) is 11.2 Å². The monoisotopic (exact) mass is 376 g/mol. The largest absolute Gasteiger partial charge is 0.458 e. The Hall–Kier alpha value is -2.16. The summed E-state index contributed by atoms with van der Waals surface area (Å²) in [5, 5.41) is 0.303. The van der Waals surface area contributed by atoms with Gasteiger partial charge in [-0.2, -0.15) is 0 Å². The first kappa shape index (κ1) is 16.3. The van der Waals surface area contributed by atoms with Crippen molar-refractivity contribution in [3.05, 3.63) is 53.7 Å². The van der Waals surface area contributed by atoms with Gasteiger partial charge < -0.3 is 9.47 Å². The zero-order chi connectivity index (χ0) is 17.2. The highest BCUT2D eigenvalue weighted by atomic mass is 35.5. The van der Waals surface area contributed by atoms with Crippen LogP contribution in [0.5, 0.6) is 0 Å². The van der Waals surface area contributed by atoms with Crippen LogP contribution in [0.2, 0.25) is 5.15 Å². The van der Waals surface area contributed by atoms with Gasteiger partial charge in [0.05, 0.1) is 18.5 Å². The minimum atomic E-state index is -0.360. The molecule has 0 saturated carbocycles. The van der Waals surface area contributed by atoms with Crippen molar-refractivity contribution in [2.45, 2.75) is 10.8 Å². The molecule has 25 heavy (non-hydrogen) atoms. The number of esters is 1. The summed E-state index contributed by atoms with van der Waals surface area (Å²) < 4.78 is 12.9. The molecular formula is C16H13ClN4O3S. The van der Waals surface area contributed by atoms with E-state index in [4.69, 9.17) is 21.1 Å². The van der Waals surface area contributed by atoms with E-state index in [1.807, 2.05) is 10.6 Å². The number of hydrogen-bond acceptors (Lipinski definition) is 7. The molecule has 3 aromatic rings. The predicted molar refractivity (Wildman–Crippen MR) is 93.4 cm³/mol. The number of imidazole rings is 1. The Morgan fingerprint density at radius 2 is 2.16 bits per heavy atom. The minimum Gasteiger partial charge on any atom is -0.458 e. The number of thioether (sulfide) groups is 1. The summed E-state index contributed by atoms with van der Waals surface area (Å²) in [6.07, 6.45) is 3.08. The number of hydrogen-bond donors (Lipinski definition) is 0. The lowest BCUT2D eigenvalue weighted by Gasteiger charge is -2.11. The number of carbonyl (C=O) groups excluding carboxylic acids is 1. The first-order valence-electron chi connectivity index (χ1n) is 7.54. The van der Waals surface area contributed by atoms with Gasteiger partial charge in [-0.05, 0) is 12.1 Å². The molecule has 9 heteroatoms. The van der Waals surface area contributed by atoms with Gasteiger partial charge in [-0.25, -0.2) is 19.7 Å². The normalized spacial score (nSPS) is 20.0. The molecule has 0 radical (unpaired) electrons. The van der Waals surface area contributed by atoms with E-state index in [0.29, 0.717) is 28.5 Å². The number of aromatic nitrogens is 4.